The highest BCUT2D eigenvalue weighted by Crippen LogP contribution is 2.09. The molecule has 1 aromatic rings. The second-order valence-corrected chi connectivity index (χ2v) is 5.09. The number of rotatable bonds is 5. The van der Waals surface area contributed by atoms with E-state index in [0.29, 0.717) is 13.1 Å². The van der Waals surface area contributed by atoms with E-state index in [9.17, 15) is 4.79 Å². The van der Waals surface area contributed by atoms with Gasteiger partial charge in [-0.25, -0.2) is 0 Å². The lowest BCUT2D eigenvalue weighted by Crippen LogP contribution is -2.53. The van der Waals surface area contributed by atoms with Crippen LogP contribution in [0.4, 0.5) is 0 Å². The predicted octanol–water partition coefficient (Wildman–Crippen LogP) is -0.399. The van der Waals surface area contributed by atoms with Crippen molar-refractivity contribution in [3.05, 3.63) is 17.5 Å². The predicted molar refractivity (Wildman–Crippen MR) is 72.9 cm³/mol. The van der Waals surface area contributed by atoms with Crippen LogP contribution in [0.5, 0.6) is 0 Å². The number of aromatic nitrogens is 1. The highest BCUT2D eigenvalue weighted by Gasteiger charge is 2.25. The summed E-state index contributed by atoms with van der Waals surface area (Å²) < 4.78 is 9.97. The minimum Gasteiger partial charge on any atom is -0.383 e. The van der Waals surface area contributed by atoms with Gasteiger partial charge in [-0.1, -0.05) is 5.16 Å². The normalized spacial score (nSPS) is 18.2. The number of nitrogens with zero attached hydrogens (tertiary/aromatic N) is 3. The lowest BCUT2D eigenvalue weighted by molar-refractivity contribution is -0.135. The Bertz CT molecular complexity index is 441. The van der Waals surface area contributed by atoms with Crippen molar-refractivity contribution in [3.63, 3.8) is 0 Å². The van der Waals surface area contributed by atoms with E-state index in [1.165, 1.54) is 0 Å². The summed E-state index contributed by atoms with van der Waals surface area (Å²) in [5.74, 6) is 0.781. The highest BCUT2D eigenvalue weighted by molar-refractivity contribution is 5.81. The van der Waals surface area contributed by atoms with Gasteiger partial charge in [-0.3, -0.25) is 9.69 Å². The summed E-state index contributed by atoms with van der Waals surface area (Å²) in [6.07, 6.45) is 0. The maximum Gasteiger partial charge on any atom is 0.241 e. The van der Waals surface area contributed by atoms with Gasteiger partial charge in [0, 0.05) is 45.9 Å². The fraction of sp³-hybridized carbons (Fsp3) is 0.692. The molecule has 0 radical (unpaired) electrons. The standard InChI is InChI=1S/C13H22N4O3/c1-10-7-11(15-20-10)8-16-3-5-17(6-4-16)13(18)12(14)9-19-2/h7,12H,3-6,8-9,14H2,1-2H3. The molecule has 112 valence electrons. The number of aryl methyl sites for hydroxylation is 1. The Morgan fingerprint density at radius 3 is 2.75 bits per heavy atom. The lowest BCUT2D eigenvalue weighted by Gasteiger charge is -2.35. The molecule has 0 spiro atoms. The number of carbonyl (C=O) groups excluding carboxylic acids is 1. The molecule has 0 aromatic carbocycles. The lowest BCUT2D eigenvalue weighted by atomic mass is 10.2. The third-order valence-corrected chi connectivity index (χ3v) is 3.41. The fourth-order valence-corrected chi connectivity index (χ4v) is 2.33. The molecule has 20 heavy (non-hydrogen) atoms. The van der Waals surface area contributed by atoms with Gasteiger partial charge >= 0.3 is 0 Å². The van der Waals surface area contributed by atoms with Crippen LogP contribution in [0.1, 0.15) is 11.5 Å². The summed E-state index contributed by atoms with van der Waals surface area (Å²) >= 11 is 0. The van der Waals surface area contributed by atoms with Crippen LogP contribution in [0.15, 0.2) is 10.6 Å². The number of hydrogen-bond donors (Lipinski definition) is 1. The molecule has 1 fully saturated rings. The smallest absolute Gasteiger partial charge is 0.241 e. The molecule has 2 rings (SSSR count). The van der Waals surface area contributed by atoms with Gasteiger partial charge in [-0.2, -0.15) is 0 Å². The second-order valence-electron chi connectivity index (χ2n) is 5.09. The maximum absolute atomic E-state index is 12.0. The van der Waals surface area contributed by atoms with Crippen molar-refractivity contribution in [3.8, 4) is 0 Å². The summed E-state index contributed by atoms with van der Waals surface area (Å²) in [5.41, 5.74) is 6.70. The Balaban J connectivity index is 1.78. The van der Waals surface area contributed by atoms with Crippen LogP contribution in [-0.4, -0.2) is 66.8 Å². The van der Waals surface area contributed by atoms with Crippen LogP contribution in [-0.2, 0) is 16.1 Å². The summed E-state index contributed by atoms with van der Waals surface area (Å²) in [4.78, 5) is 16.1. The number of hydrogen-bond acceptors (Lipinski definition) is 6. The summed E-state index contributed by atoms with van der Waals surface area (Å²) in [6.45, 7) is 5.90. The zero-order valence-corrected chi connectivity index (χ0v) is 12.0. The quantitative estimate of drug-likeness (QED) is 0.791. The van der Waals surface area contributed by atoms with E-state index in [1.54, 1.807) is 12.0 Å². The Hall–Kier alpha value is -1.44. The van der Waals surface area contributed by atoms with E-state index in [4.69, 9.17) is 15.0 Å². The number of methoxy groups -OCH3 is 1. The van der Waals surface area contributed by atoms with Crippen molar-refractivity contribution in [1.29, 1.82) is 0 Å². The monoisotopic (exact) mass is 282 g/mol. The van der Waals surface area contributed by atoms with Gasteiger partial charge < -0.3 is 19.9 Å². The van der Waals surface area contributed by atoms with Crippen LogP contribution in [0.25, 0.3) is 0 Å². The van der Waals surface area contributed by atoms with Crippen molar-refractivity contribution >= 4 is 5.91 Å². The van der Waals surface area contributed by atoms with Crippen LogP contribution in [0.2, 0.25) is 0 Å². The molecule has 0 aliphatic carbocycles. The van der Waals surface area contributed by atoms with E-state index >= 15 is 0 Å². The average molecular weight is 282 g/mol. The molecule has 1 aliphatic heterocycles. The first kappa shape index (κ1) is 15.0. The first-order valence-electron chi connectivity index (χ1n) is 6.78. The van der Waals surface area contributed by atoms with Crippen molar-refractivity contribution in [2.75, 3.05) is 39.9 Å². The molecule has 1 aliphatic rings. The third kappa shape index (κ3) is 3.78. The SMILES string of the molecule is COCC(N)C(=O)N1CCN(Cc2cc(C)on2)CC1. The molecule has 1 aromatic heterocycles. The number of amides is 1. The topological polar surface area (TPSA) is 84.8 Å². The van der Waals surface area contributed by atoms with Crippen LogP contribution in [0, 0.1) is 6.92 Å². The van der Waals surface area contributed by atoms with Gasteiger partial charge in [0.15, 0.2) is 0 Å². The minimum absolute atomic E-state index is 0.0382. The Morgan fingerprint density at radius 1 is 1.50 bits per heavy atom. The Morgan fingerprint density at radius 2 is 2.20 bits per heavy atom. The second kappa shape index (κ2) is 6.83. The van der Waals surface area contributed by atoms with Gasteiger partial charge in [0.1, 0.15) is 11.8 Å². The van der Waals surface area contributed by atoms with E-state index in [2.05, 4.69) is 10.1 Å². The van der Waals surface area contributed by atoms with Gasteiger partial charge in [0.05, 0.1) is 12.3 Å². The van der Waals surface area contributed by atoms with Crippen LogP contribution < -0.4 is 5.73 Å². The average Bonchev–Trinajstić information content (AvgIpc) is 2.84. The summed E-state index contributed by atoms with van der Waals surface area (Å²) in [5, 5.41) is 3.98. The molecule has 0 bridgehead atoms. The van der Waals surface area contributed by atoms with E-state index in [0.717, 1.165) is 31.1 Å². The van der Waals surface area contributed by atoms with Crippen molar-refractivity contribution in [2.45, 2.75) is 19.5 Å². The molecule has 1 unspecified atom stereocenters. The fourth-order valence-electron chi connectivity index (χ4n) is 2.33. The first-order chi connectivity index (χ1) is 9.60. The molecule has 1 amide bonds. The zero-order chi connectivity index (χ0) is 14.5. The van der Waals surface area contributed by atoms with Gasteiger partial charge in [-0.05, 0) is 6.92 Å². The molecular weight excluding hydrogens is 260 g/mol. The molecule has 1 saturated heterocycles. The van der Waals surface area contributed by atoms with Crippen LogP contribution >= 0.6 is 0 Å². The Labute approximate surface area is 118 Å². The molecular formula is C13H22N4O3. The molecule has 2 N–H and O–H groups in total. The van der Waals surface area contributed by atoms with Crippen molar-refractivity contribution in [2.24, 2.45) is 5.73 Å². The number of carbonyl (C=O) groups is 1. The molecule has 2 heterocycles. The van der Waals surface area contributed by atoms with Crippen molar-refractivity contribution in [1.82, 2.24) is 15.0 Å². The largest absolute Gasteiger partial charge is 0.383 e. The van der Waals surface area contributed by atoms with Crippen molar-refractivity contribution < 1.29 is 14.1 Å². The first-order valence-corrected chi connectivity index (χ1v) is 6.78. The highest BCUT2D eigenvalue weighted by atomic mass is 16.5. The van der Waals surface area contributed by atoms with Gasteiger partial charge in [0.2, 0.25) is 5.91 Å². The molecule has 1 atom stereocenters. The molecule has 0 saturated carbocycles. The van der Waals surface area contributed by atoms with Gasteiger partial charge in [0.25, 0.3) is 0 Å². The third-order valence-electron chi connectivity index (χ3n) is 3.41. The minimum atomic E-state index is -0.565. The maximum atomic E-state index is 12.0. The van der Waals surface area contributed by atoms with Crippen LogP contribution in [0.3, 0.4) is 0 Å². The van der Waals surface area contributed by atoms with Gasteiger partial charge in [-0.15, -0.1) is 0 Å². The van der Waals surface area contributed by atoms with E-state index in [-0.39, 0.29) is 12.5 Å². The number of ether oxygens (including phenoxy) is 1. The Kier molecular flexibility index (Phi) is 5.11. The van der Waals surface area contributed by atoms with E-state index in [1.807, 2.05) is 13.0 Å². The van der Waals surface area contributed by atoms with E-state index < -0.39 is 6.04 Å². The molecule has 7 nitrogen and oxygen atoms in total. The zero-order valence-electron chi connectivity index (χ0n) is 12.0. The number of nitrogens with two attached hydrogens (primary N) is 1. The summed E-state index contributed by atoms with van der Waals surface area (Å²) in [6, 6.07) is 1.37. The molecule has 7 heteroatoms. The number of piperazine rings is 1. The summed E-state index contributed by atoms with van der Waals surface area (Å²) in [7, 11) is 1.55.